The van der Waals surface area contributed by atoms with Crippen LogP contribution < -0.4 is 0 Å². The number of hydrogen-bond acceptors (Lipinski definition) is 0. The van der Waals surface area contributed by atoms with Crippen molar-refractivity contribution in [1.82, 2.24) is 0 Å². The van der Waals surface area contributed by atoms with E-state index in [9.17, 15) is 26.3 Å². The van der Waals surface area contributed by atoms with Crippen molar-refractivity contribution < 1.29 is 26.3 Å². The van der Waals surface area contributed by atoms with E-state index >= 15 is 0 Å². The topological polar surface area (TPSA) is 0 Å². The van der Waals surface area contributed by atoms with E-state index in [0.717, 1.165) is 0 Å². The lowest BCUT2D eigenvalue weighted by molar-refractivity contribution is -0.128. The number of aryl methyl sites for hydroxylation is 1. The van der Waals surface area contributed by atoms with E-state index < -0.39 is 34.4 Å². The molecular weight excluding hydrogens is 314 g/mol. The normalized spacial score (nSPS) is 14.2. The van der Waals surface area contributed by atoms with E-state index in [0.29, 0.717) is 12.1 Å². The molecule has 0 saturated heterocycles. The molecule has 0 aliphatic rings. The van der Waals surface area contributed by atoms with Gasteiger partial charge in [-0.2, -0.15) is 8.78 Å². The first kappa shape index (κ1) is 14.3. The molecule has 1 atom stereocenters. The molecule has 0 aliphatic heterocycles. The maximum absolute atomic E-state index is 13.3. The molecule has 0 aliphatic carbocycles. The molecule has 0 heterocycles. The van der Waals surface area contributed by atoms with Gasteiger partial charge >= 0.3 is 12.3 Å². The first-order valence-corrected chi connectivity index (χ1v) is 5.35. The zero-order valence-corrected chi connectivity index (χ0v) is 10.0. The molecule has 1 unspecified atom stereocenters. The third-order valence-electron chi connectivity index (χ3n) is 2.18. The summed E-state index contributed by atoms with van der Waals surface area (Å²) in [5.41, 5.74) is -0.926. The monoisotopic (exact) mass is 320 g/mol. The number of rotatable bonds is 3. The van der Waals surface area contributed by atoms with E-state index in [1.165, 1.54) is 6.92 Å². The SMILES string of the molecule is Cc1cc(F)c(C(Br)C(F)(F)C(F)F)cc1F. The van der Waals surface area contributed by atoms with Crippen LogP contribution in [0.25, 0.3) is 0 Å². The minimum absolute atomic E-state index is 0.0914. The highest BCUT2D eigenvalue weighted by molar-refractivity contribution is 9.09. The quantitative estimate of drug-likeness (QED) is 0.563. The minimum Gasteiger partial charge on any atom is -0.207 e. The minimum atomic E-state index is -4.48. The average Bonchev–Trinajstić information content (AvgIpc) is 2.22. The Hall–Kier alpha value is -0.720. The predicted octanol–water partition coefficient (Wildman–Crippen LogP) is 4.61. The van der Waals surface area contributed by atoms with E-state index in [1.807, 2.05) is 0 Å². The standard InChI is InChI=1S/C10H7BrF6/c1-4-2-7(13)5(3-6(4)12)8(11)10(16,17)9(14)15/h2-3,8-9H,1H3. The summed E-state index contributed by atoms with van der Waals surface area (Å²) in [6.07, 6.45) is -3.98. The summed E-state index contributed by atoms with van der Waals surface area (Å²) in [6.45, 7) is 1.23. The fourth-order valence-corrected chi connectivity index (χ4v) is 1.72. The van der Waals surface area contributed by atoms with Gasteiger partial charge in [0.05, 0.1) is 0 Å². The average molecular weight is 321 g/mol. The Balaban J connectivity index is 3.21. The van der Waals surface area contributed by atoms with Crippen LogP contribution in [0.5, 0.6) is 0 Å². The molecular formula is C10H7BrF6. The third-order valence-corrected chi connectivity index (χ3v) is 3.28. The fraction of sp³-hybridized carbons (Fsp3) is 0.400. The fourth-order valence-electron chi connectivity index (χ4n) is 1.17. The predicted molar refractivity (Wildman–Crippen MR) is 53.7 cm³/mol. The number of alkyl halides is 5. The largest absolute Gasteiger partial charge is 0.323 e. The van der Waals surface area contributed by atoms with E-state index in [4.69, 9.17) is 0 Å². The first-order valence-electron chi connectivity index (χ1n) is 4.43. The molecule has 0 bridgehead atoms. The molecule has 0 saturated carbocycles. The molecule has 96 valence electrons. The third kappa shape index (κ3) is 2.75. The van der Waals surface area contributed by atoms with Crippen molar-refractivity contribution in [3.8, 4) is 0 Å². The highest BCUT2D eigenvalue weighted by atomic mass is 79.9. The van der Waals surface area contributed by atoms with Crippen LogP contribution in [0.4, 0.5) is 26.3 Å². The van der Waals surface area contributed by atoms with Gasteiger partial charge in [0, 0.05) is 5.56 Å². The molecule has 1 aromatic rings. The smallest absolute Gasteiger partial charge is 0.207 e. The van der Waals surface area contributed by atoms with Crippen molar-refractivity contribution in [3.05, 3.63) is 34.9 Å². The number of halogens is 7. The van der Waals surface area contributed by atoms with Crippen LogP contribution >= 0.6 is 15.9 Å². The zero-order chi connectivity index (χ0) is 13.4. The Morgan fingerprint density at radius 2 is 1.65 bits per heavy atom. The molecule has 0 amide bonds. The Morgan fingerprint density at radius 3 is 2.12 bits per heavy atom. The summed E-state index contributed by atoms with van der Waals surface area (Å²) in [5.74, 6) is -6.58. The van der Waals surface area contributed by atoms with Gasteiger partial charge < -0.3 is 0 Å². The number of hydrogen-bond donors (Lipinski definition) is 0. The summed E-state index contributed by atoms with van der Waals surface area (Å²) in [7, 11) is 0. The molecule has 0 radical (unpaired) electrons. The molecule has 17 heavy (non-hydrogen) atoms. The van der Waals surface area contributed by atoms with Crippen molar-refractivity contribution in [1.29, 1.82) is 0 Å². The zero-order valence-electron chi connectivity index (χ0n) is 8.46. The molecule has 0 nitrogen and oxygen atoms in total. The maximum Gasteiger partial charge on any atom is 0.323 e. The highest BCUT2D eigenvalue weighted by Crippen LogP contribution is 2.43. The van der Waals surface area contributed by atoms with Gasteiger partial charge in [0.15, 0.2) is 0 Å². The second-order valence-corrected chi connectivity index (χ2v) is 4.38. The van der Waals surface area contributed by atoms with Gasteiger partial charge in [0.1, 0.15) is 16.5 Å². The van der Waals surface area contributed by atoms with E-state index in [2.05, 4.69) is 15.9 Å². The van der Waals surface area contributed by atoms with Crippen molar-refractivity contribution in [2.24, 2.45) is 0 Å². The van der Waals surface area contributed by atoms with Crippen LogP contribution in [-0.2, 0) is 0 Å². The van der Waals surface area contributed by atoms with Crippen LogP contribution in [0.3, 0.4) is 0 Å². The van der Waals surface area contributed by atoms with Gasteiger partial charge in [0.25, 0.3) is 0 Å². The Morgan fingerprint density at radius 1 is 1.12 bits per heavy atom. The molecule has 1 aromatic carbocycles. The lowest BCUT2D eigenvalue weighted by Crippen LogP contribution is -2.31. The Labute approximate surface area is 102 Å². The number of benzene rings is 1. The summed E-state index contributed by atoms with van der Waals surface area (Å²) in [5, 5.41) is 0. The van der Waals surface area contributed by atoms with Crippen LogP contribution in [0.15, 0.2) is 12.1 Å². The summed E-state index contributed by atoms with van der Waals surface area (Å²) in [6, 6.07) is 1.17. The van der Waals surface area contributed by atoms with Gasteiger partial charge in [0.2, 0.25) is 0 Å². The van der Waals surface area contributed by atoms with E-state index in [-0.39, 0.29) is 5.56 Å². The van der Waals surface area contributed by atoms with Gasteiger partial charge in [-0.05, 0) is 24.6 Å². The highest BCUT2D eigenvalue weighted by Gasteiger charge is 2.49. The Bertz CT molecular complexity index is 418. The lowest BCUT2D eigenvalue weighted by atomic mass is 10.0. The van der Waals surface area contributed by atoms with Crippen molar-refractivity contribution in [3.63, 3.8) is 0 Å². The Kier molecular flexibility index (Phi) is 4.11. The van der Waals surface area contributed by atoms with Crippen LogP contribution in [0, 0.1) is 18.6 Å². The maximum atomic E-state index is 13.3. The lowest BCUT2D eigenvalue weighted by Gasteiger charge is -2.22. The van der Waals surface area contributed by atoms with Gasteiger partial charge in [-0.1, -0.05) is 15.9 Å². The molecule has 0 N–H and O–H groups in total. The second kappa shape index (κ2) is 4.88. The summed E-state index contributed by atoms with van der Waals surface area (Å²) in [4.78, 5) is -2.29. The van der Waals surface area contributed by atoms with Crippen LogP contribution in [-0.4, -0.2) is 12.3 Å². The first-order chi connectivity index (χ1) is 7.67. The van der Waals surface area contributed by atoms with E-state index in [1.54, 1.807) is 0 Å². The van der Waals surface area contributed by atoms with Crippen molar-refractivity contribution in [2.45, 2.75) is 24.1 Å². The van der Waals surface area contributed by atoms with Gasteiger partial charge in [-0.3, -0.25) is 0 Å². The molecule has 0 spiro atoms. The molecule has 7 heteroatoms. The van der Waals surface area contributed by atoms with Crippen molar-refractivity contribution >= 4 is 15.9 Å². The summed E-state index contributed by atoms with van der Waals surface area (Å²) < 4.78 is 76.4. The van der Waals surface area contributed by atoms with Crippen LogP contribution in [0.1, 0.15) is 16.0 Å². The van der Waals surface area contributed by atoms with Gasteiger partial charge in [-0.25, -0.2) is 17.6 Å². The molecule has 0 aromatic heterocycles. The molecule has 0 fully saturated rings. The summed E-state index contributed by atoms with van der Waals surface area (Å²) >= 11 is 2.28. The van der Waals surface area contributed by atoms with Crippen LogP contribution in [0.2, 0.25) is 0 Å². The van der Waals surface area contributed by atoms with Crippen molar-refractivity contribution in [2.75, 3.05) is 0 Å². The van der Waals surface area contributed by atoms with Gasteiger partial charge in [-0.15, -0.1) is 0 Å². The molecule has 1 rings (SSSR count). The second-order valence-electron chi connectivity index (χ2n) is 3.46.